The number of thiophene rings is 1. The van der Waals surface area contributed by atoms with Crippen molar-refractivity contribution in [2.45, 2.75) is 13.5 Å². The molecule has 3 heteroatoms. The lowest BCUT2D eigenvalue weighted by Gasteiger charge is -2.00. The Hall–Kier alpha value is -1.19. The third-order valence-corrected chi connectivity index (χ3v) is 3.47. The Kier molecular flexibility index (Phi) is 3.36. The van der Waals surface area contributed by atoms with Crippen molar-refractivity contribution in [1.29, 1.82) is 0 Å². The summed E-state index contributed by atoms with van der Waals surface area (Å²) in [6, 6.07) is 9.27. The molecule has 0 bridgehead atoms. The van der Waals surface area contributed by atoms with Gasteiger partial charge in [0.2, 0.25) is 0 Å². The molecule has 0 atom stereocenters. The minimum atomic E-state index is -0.168. The van der Waals surface area contributed by atoms with Crippen LogP contribution in [0.1, 0.15) is 10.4 Å². The quantitative estimate of drug-likeness (QED) is 0.857. The molecule has 0 fully saturated rings. The predicted molar refractivity (Wildman–Crippen MR) is 67.2 cm³/mol. The zero-order valence-electron chi connectivity index (χ0n) is 9.38. The fourth-order valence-corrected chi connectivity index (χ4v) is 2.69. The molecule has 1 heterocycles. The molecular formula is C13H14FNS. The first-order chi connectivity index (χ1) is 7.69. The monoisotopic (exact) mass is 235 g/mol. The maximum atomic E-state index is 13.3. The topological polar surface area (TPSA) is 12.0 Å². The maximum absolute atomic E-state index is 13.3. The van der Waals surface area contributed by atoms with Crippen LogP contribution in [0.2, 0.25) is 0 Å². The van der Waals surface area contributed by atoms with E-state index in [2.05, 4.69) is 11.4 Å². The molecule has 0 radical (unpaired) electrons. The predicted octanol–water partition coefficient (Wildman–Crippen LogP) is 3.58. The van der Waals surface area contributed by atoms with Crippen LogP contribution in [0.3, 0.4) is 0 Å². The summed E-state index contributed by atoms with van der Waals surface area (Å²) < 4.78 is 13.3. The van der Waals surface area contributed by atoms with Crippen molar-refractivity contribution >= 4 is 11.3 Å². The minimum Gasteiger partial charge on any atom is -0.315 e. The standard InChI is InChI=1S/C13H14FNS/c1-9-5-10(7-11(14)6-9)13-4-3-12(16-13)8-15-2/h3-7,15H,8H2,1-2H3. The molecule has 84 valence electrons. The van der Waals surface area contributed by atoms with Crippen LogP contribution in [-0.4, -0.2) is 7.05 Å². The van der Waals surface area contributed by atoms with Crippen LogP contribution in [0, 0.1) is 12.7 Å². The van der Waals surface area contributed by atoms with Crippen LogP contribution in [0.15, 0.2) is 30.3 Å². The number of halogens is 1. The van der Waals surface area contributed by atoms with Gasteiger partial charge in [0.1, 0.15) is 5.82 Å². The van der Waals surface area contributed by atoms with Gasteiger partial charge < -0.3 is 5.32 Å². The molecule has 0 saturated heterocycles. The third-order valence-electron chi connectivity index (χ3n) is 2.34. The highest BCUT2D eigenvalue weighted by molar-refractivity contribution is 7.15. The first kappa shape index (κ1) is 11.3. The Labute approximate surface area is 98.9 Å². The highest BCUT2D eigenvalue weighted by atomic mass is 32.1. The maximum Gasteiger partial charge on any atom is 0.124 e. The van der Waals surface area contributed by atoms with E-state index in [0.29, 0.717) is 0 Å². The Balaban J connectivity index is 2.34. The van der Waals surface area contributed by atoms with Gasteiger partial charge in [-0.05, 0) is 49.4 Å². The van der Waals surface area contributed by atoms with Crippen molar-refractivity contribution in [3.63, 3.8) is 0 Å². The lowest BCUT2D eigenvalue weighted by molar-refractivity contribution is 0.627. The number of hydrogen-bond acceptors (Lipinski definition) is 2. The van der Waals surface area contributed by atoms with E-state index in [1.807, 2.05) is 26.1 Å². The van der Waals surface area contributed by atoms with Gasteiger partial charge >= 0.3 is 0 Å². The van der Waals surface area contributed by atoms with Crippen molar-refractivity contribution in [2.75, 3.05) is 7.05 Å². The summed E-state index contributed by atoms with van der Waals surface area (Å²) in [4.78, 5) is 2.38. The van der Waals surface area contributed by atoms with Crippen LogP contribution in [-0.2, 0) is 6.54 Å². The zero-order valence-corrected chi connectivity index (χ0v) is 10.2. The smallest absolute Gasteiger partial charge is 0.124 e. The number of aryl methyl sites for hydroxylation is 1. The van der Waals surface area contributed by atoms with Crippen LogP contribution in [0.4, 0.5) is 4.39 Å². The summed E-state index contributed by atoms with van der Waals surface area (Å²) in [5.74, 6) is -0.168. The van der Waals surface area contributed by atoms with Crippen molar-refractivity contribution in [1.82, 2.24) is 5.32 Å². The van der Waals surface area contributed by atoms with Crippen LogP contribution >= 0.6 is 11.3 Å². The second-order valence-corrected chi connectivity index (χ2v) is 4.98. The van der Waals surface area contributed by atoms with Crippen molar-refractivity contribution in [3.05, 3.63) is 46.6 Å². The van der Waals surface area contributed by atoms with E-state index >= 15 is 0 Å². The molecule has 1 aromatic heterocycles. The minimum absolute atomic E-state index is 0.168. The molecule has 2 aromatic rings. The van der Waals surface area contributed by atoms with Crippen molar-refractivity contribution in [3.8, 4) is 10.4 Å². The van der Waals surface area contributed by atoms with Gasteiger partial charge in [-0.15, -0.1) is 11.3 Å². The summed E-state index contributed by atoms with van der Waals surface area (Å²) in [5, 5.41) is 3.11. The van der Waals surface area contributed by atoms with E-state index in [4.69, 9.17) is 0 Å². The normalized spacial score (nSPS) is 10.7. The largest absolute Gasteiger partial charge is 0.315 e. The molecule has 1 N–H and O–H groups in total. The molecule has 0 spiro atoms. The fraction of sp³-hybridized carbons (Fsp3) is 0.231. The van der Waals surface area contributed by atoms with Gasteiger partial charge in [-0.25, -0.2) is 4.39 Å². The summed E-state index contributed by atoms with van der Waals surface area (Å²) in [5.41, 5.74) is 1.92. The Bertz CT molecular complexity index is 470. The summed E-state index contributed by atoms with van der Waals surface area (Å²) in [6.07, 6.45) is 0. The number of benzene rings is 1. The summed E-state index contributed by atoms with van der Waals surface area (Å²) >= 11 is 1.70. The number of hydrogen-bond donors (Lipinski definition) is 1. The van der Waals surface area contributed by atoms with E-state index in [1.165, 1.54) is 4.88 Å². The van der Waals surface area contributed by atoms with Gasteiger partial charge in [-0.1, -0.05) is 6.07 Å². The fourth-order valence-electron chi connectivity index (χ4n) is 1.68. The third kappa shape index (κ3) is 2.49. The Morgan fingerprint density at radius 1 is 1.25 bits per heavy atom. The number of nitrogens with one attached hydrogen (secondary N) is 1. The van der Waals surface area contributed by atoms with E-state index in [0.717, 1.165) is 22.5 Å². The molecule has 2 rings (SSSR count). The van der Waals surface area contributed by atoms with Gasteiger partial charge in [0, 0.05) is 16.3 Å². The lowest BCUT2D eigenvalue weighted by atomic mass is 10.1. The van der Waals surface area contributed by atoms with Crippen LogP contribution in [0.5, 0.6) is 0 Å². The highest BCUT2D eigenvalue weighted by Crippen LogP contribution is 2.29. The zero-order chi connectivity index (χ0) is 11.5. The molecule has 0 amide bonds. The Morgan fingerprint density at radius 2 is 2.06 bits per heavy atom. The summed E-state index contributed by atoms with van der Waals surface area (Å²) in [6.45, 7) is 2.77. The molecule has 1 aromatic carbocycles. The SMILES string of the molecule is CNCc1ccc(-c2cc(C)cc(F)c2)s1. The van der Waals surface area contributed by atoms with Crippen molar-refractivity contribution < 1.29 is 4.39 Å². The van der Waals surface area contributed by atoms with Crippen LogP contribution < -0.4 is 5.32 Å². The molecule has 0 saturated carbocycles. The van der Waals surface area contributed by atoms with Gasteiger partial charge in [-0.2, -0.15) is 0 Å². The second-order valence-electron chi connectivity index (χ2n) is 3.81. The van der Waals surface area contributed by atoms with Gasteiger partial charge in [0.15, 0.2) is 0 Å². The van der Waals surface area contributed by atoms with Gasteiger partial charge in [0.05, 0.1) is 0 Å². The molecule has 0 aliphatic heterocycles. The van der Waals surface area contributed by atoms with E-state index in [1.54, 1.807) is 23.5 Å². The summed E-state index contributed by atoms with van der Waals surface area (Å²) in [7, 11) is 1.92. The lowest BCUT2D eigenvalue weighted by Crippen LogP contribution is -2.02. The first-order valence-corrected chi connectivity index (χ1v) is 6.01. The highest BCUT2D eigenvalue weighted by Gasteiger charge is 2.04. The van der Waals surface area contributed by atoms with Gasteiger partial charge in [0.25, 0.3) is 0 Å². The Morgan fingerprint density at radius 3 is 2.75 bits per heavy atom. The first-order valence-electron chi connectivity index (χ1n) is 5.20. The average Bonchev–Trinajstić information content (AvgIpc) is 2.65. The van der Waals surface area contributed by atoms with Crippen molar-refractivity contribution in [2.24, 2.45) is 0 Å². The molecular weight excluding hydrogens is 221 g/mol. The molecule has 0 aliphatic rings. The molecule has 0 aliphatic carbocycles. The number of rotatable bonds is 3. The van der Waals surface area contributed by atoms with Gasteiger partial charge in [-0.3, -0.25) is 0 Å². The van der Waals surface area contributed by atoms with E-state index in [9.17, 15) is 4.39 Å². The van der Waals surface area contributed by atoms with Crippen LogP contribution in [0.25, 0.3) is 10.4 Å². The molecule has 16 heavy (non-hydrogen) atoms. The molecule has 0 unspecified atom stereocenters. The molecule has 1 nitrogen and oxygen atoms in total. The average molecular weight is 235 g/mol. The van der Waals surface area contributed by atoms with E-state index < -0.39 is 0 Å². The van der Waals surface area contributed by atoms with E-state index in [-0.39, 0.29) is 5.82 Å². The second kappa shape index (κ2) is 4.76.